The van der Waals surface area contributed by atoms with Crippen molar-refractivity contribution in [3.8, 4) is 0 Å². The number of piperazine rings is 1. The lowest BCUT2D eigenvalue weighted by Crippen LogP contribution is -2.51. The Morgan fingerprint density at radius 2 is 2.00 bits per heavy atom. The molecule has 1 aromatic heterocycles. The number of amides is 1. The average Bonchev–Trinajstić information content (AvgIpc) is 3.10. The molecule has 0 bridgehead atoms. The maximum atomic E-state index is 12.1. The Kier molecular flexibility index (Phi) is 7.71. The summed E-state index contributed by atoms with van der Waals surface area (Å²) in [5, 5.41) is 8.73. The maximum Gasteiger partial charge on any atom is 0.410 e. The van der Waals surface area contributed by atoms with Crippen molar-refractivity contribution in [3.05, 3.63) is 22.4 Å². The summed E-state index contributed by atoms with van der Waals surface area (Å²) in [5.74, 6) is 0.811. The highest BCUT2D eigenvalue weighted by molar-refractivity contribution is 7.09. The van der Waals surface area contributed by atoms with Crippen LogP contribution in [0.25, 0.3) is 0 Å². The molecular weight excluding hydrogens is 350 g/mol. The summed E-state index contributed by atoms with van der Waals surface area (Å²) in [7, 11) is 1.78. The summed E-state index contributed by atoms with van der Waals surface area (Å²) in [6.45, 7) is 11.3. The van der Waals surface area contributed by atoms with Gasteiger partial charge in [-0.05, 0) is 32.2 Å². The number of carbonyl (C=O) groups excluding carboxylic acids is 1. The van der Waals surface area contributed by atoms with Crippen molar-refractivity contribution in [1.82, 2.24) is 20.4 Å². The molecule has 0 saturated carbocycles. The quantitative estimate of drug-likeness (QED) is 0.603. The van der Waals surface area contributed by atoms with Crippen LogP contribution < -0.4 is 10.6 Å². The molecule has 1 aromatic rings. The van der Waals surface area contributed by atoms with Crippen LogP contribution in [0.1, 0.15) is 25.6 Å². The second kappa shape index (κ2) is 9.78. The Balaban J connectivity index is 1.62. The van der Waals surface area contributed by atoms with Crippen LogP contribution in [0.3, 0.4) is 0 Å². The van der Waals surface area contributed by atoms with Gasteiger partial charge in [0.1, 0.15) is 5.60 Å². The molecule has 26 heavy (non-hydrogen) atoms. The Bertz CT molecular complexity index is 575. The van der Waals surface area contributed by atoms with Gasteiger partial charge in [-0.3, -0.25) is 9.89 Å². The molecule has 1 fully saturated rings. The van der Waals surface area contributed by atoms with Gasteiger partial charge in [-0.1, -0.05) is 6.07 Å². The molecule has 146 valence electrons. The molecule has 0 spiro atoms. The number of hydrogen-bond acceptors (Lipinski definition) is 5. The van der Waals surface area contributed by atoms with Crippen molar-refractivity contribution in [2.45, 2.75) is 32.9 Å². The minimum absolute atomic E-state index is 0.214. The van der Waals surface area contributed by atoms with Crippen LogP contribution in [0.15, 0.2) is 22.5 Å². The summed E-state index contributed by atoms with van der Waals surface area (Å²) < 4.78 is 5.43. The van der Waals surface area contributed by atoms with Crippen molar-refractivity contribution in [2.24, 2.45) is 4.99 Å². The molecule has 1 amide bonds. The van der Waals surface area contributed by atoms with Gasteiger partial charge in [-0.25, -0.2) is 4.79 Å². The molecule has 2 rings (SSSR count). The maximum absolute atomic E-state index is 12.1. The third-order valence-corrected chi connectivity index (χ3v) is 4.85. The van der Waals surface area contributed by atoms with Gasteiger partial charge in [0.05, 0.1) is 6.54 Å². The molecule has 0 unspecified atom stereocenters. The lowest BCUT2D eigenvalue weighted by molar-refractivity contribution is 0.0147. The van der Waals surface area contributed by atoms with Crippen LogP contribution in [0.5, 0.6) is 0 Å². The minimum Gasteiger partial charge on any atom is -0.444 e. The van der Waals surface area contributed by atoms with E-state index in [0.717, 1.165) is 38.7 Å². The first-order valence-corrected chi connectivity index (χ1v) is 9.92. The molecule has 0 aliphatic carbocycles. The van der Waals surface area contributed by atoms with Gasteiger partial charge in [-0.2, -0.15) is 0 Å². The zero-order valence-electron chi connectivity index (χ0n) is 16.2. The monoisotopic (exact) mass is 381 g/mol. The fourth-order valence-corrected chi connectivity index (χ4v) is 3.26. The fourth-order valence-electron chi connectivity index (χ4n) is 2.62. The third-order valence-electron chi connectivity index (χ3n) is 3.98. The van der Waals surface area contributed by atoms with E-state index in [1.807, 2.05) is 20.8 Å². The van der Waals surface area contributed by atoms with Gasteiger partial charge >= 0.3 is 6.09 Å². The van der Waals surface area contributed by atoms with Crippen molar-refractivity contribution < 1.29 is 9.53 Å². The predicted molar refractivity (Wildman–Crippen MR) is 107 cm³/mol. The predicted octanol–water partition coefficient (Wildman–Crippen LogP) is 1.97. The molecular formula is C18H31N5O2S. The van der Waals surface area contributed by atoms with E-state index in [1.54, 1.807) is 23.3 Å². The number of nitrogens with one attached hydrogen (secondary N) is 2. The van der Waals surface area contributed by atoms with Crippen LogP contribution >= 0.6 is 11.3 Å². The number of ether oxygens (including phenoxy) is 1. The minimum atomic E-state index is -0.440. The van der Waals surface area contributed by atoms with Crippen LogP contribution in [0, 0.1) is 0 Å². The molecule has 0 aromatic carbocycles. The number of rotatable bonds is 5. The second-order valence-electron chi connectivity index (χ2n) is 7.24. The highest BCUT2D eigenvalue weighted by atomic mass is 32.1. The number of aliphatic imine (C=N–C) groups is 1. The lowest BCUT2D eigenvalue weighted by Gasteiger charge is -2.35. The Labute approximate surface area is 160 Å². The molecule has 7 nitrogen and oxygen atoms in total. The average molecular weight is 382 g/mol. The number of nitrogens with zero attached hydrogens (tertiary/aromatic N) is 3. The highest BCUT2D eigenvalue weighted by Crippen LogP contribution is 2.11. The molecule has 1 aliphatic heterocycles. The van der Waals surface area contributed by atoms with E-state index in [1.165, 1.54) is 4.88 Å². The van der Waals surface area contributed by atoms with Gasteiger partial charge < -0.3 is 20.3 Å². The Hall–Kier alpha value is -1.80. The van der Waals surface area contributed by atoms with E-state index in [9.17, 15) is 4.79 Å². The van der Waals surface area contributed by atoms with Crippen LogP contribution in [-0.4, -0.2) is 73.8 Å². The Morgan fingerprint density at radius 1 is 1.27 bits per heavy atom. The van der Waals surface area contributed by atoms with Gasteiger partial charge in [0.25, 0.3) is 0 Å². The third kappa shape index (κ3) is 7.21. The summed E-state index contributed by atoms with van der Waals surface area (Å²) >= 11 is 1.73. The normalized spacial score (nSPS) is 16.5. The van der Waals surface area contributed by atoms with E-state index >= 15 is 0 Å². The van der Waals surface area contributed by atoms with Gasteiger partial charge in [0.2, 0.25) is 0 Å². The number of guanidine groups is 1. The summed E-state index contributed by atoms with van der Waals surface area (Å²) in [6.07, 6.45) is -0.214. The molecule has 8 heteroatoms. The molecule has 2 heterocycles. The summed E-state index contributed by atoms with van der Waals surface area (Å²) in [4.78, 5) is 21.8. The molecule has 0 atom stereocenters. The SMILES string of the molecule is CN=C(NCCN1CCN(C(=O)OC(C)(C)C)CC1)NCc1cccs1. The molecule has 1 saturated heterocycles. The fraction of sp³-hybridized carbons (Fsp3) is 0.667. The van der Waals surface area contributed by atoms with Gasteiger partial charge in [-0.15, -0.1) is 11.3 Å². The number of thiophene rings is 1. The van der Waals surface area contributed by atoms with Crippen LogP contribution in [0.4, 0.5) is 4.79 Å². The number of hydrogen-bond donors (Lipinski definition) is 2. The number of carbonyl (C=O) groups is 1. The van der Waals surface area contributed by atoms with Crippen molar-refractivity contribution >= 4 is 23.4 Å². The van der Waals surface area contributed by atoms with E-state index in [0.29, 0.717) is 13.1 Å². The van der Waals surface area contributed by atoms with Crippen molar-refractivity contribution in [3.63, 3.8) is 0 Å². The lowest BCUT2D eigenvalue weighted by atomic mass is 10.2. The molecule has 0 radical (unpaired) electrons. The molecule has 2 N–H and O–H groups in total. The molecule has 1 aliphatic rings. The van der Waals surface area contributed by atoms with Crippen LogP contribution in [-0.2, 0) is 11.3 Å². The van der Waals surface area contributed by atoms with Crippen molar-refractivity contribution in [1.29, 1.82) is 0 Å². The van der Waals surface area contributed by atoms with Gasteiger partial charge in [0, 0.05) is 51.2 Å². The smallest absolute Gasteiger partial charge is 0.410 e. The van der Waals surface area contributed by atoms with E-state index in [-0.39, 0.29) is 6.09 Å². The second-order valence-corrected chi connectivity index (χ2v) is 8.27. The summed E-state index contributed by atoms with van der Waals surface area (Å²) in [5.41, 5.74) is -0.440. The largest absolute Gasteiger partial charge is 0.444 e. The first kappa shape index (κ1) is 20.5. The van der Waals surface area contributed by atoms with E-state index in [2.05, 4.69) is 38.0 Å². The standard InChI is InChI=1S/C18H31N5O2S/c1-18(2,3)25-17(24)23-11-9-22(10-12-23)8-7-20-16(19-4)21-14-15-6-5-13-26-15/h5-6,13H,7-12,14H2,1-4H3,(H2,19,20,21). The first-order chi connectivity index (χ1) is 12.4. The van der Waals surface area contributed by atoms with Gasteiger partial charge in [0.15, 0.2) is 5.96 Å². The topological polar surface area (TPSA) is 69.2 Å². The zero-order chi connectivity index (χ0) is 19.0. The summed E-state index contributed by atoms with van der Waals surface area (Å²) in [6, 6.07) is 4.16. The highest BCUT2D eigenvalue weighted by Gasteiger charge is 2.25. The van der Waals surface area contributed by atoms with E-state index in [4.69, 9.17) is 4.74 Å². The zero-order valence-corrected chi connectivity index (χ0v) is 17.1. The van der Waals surface area contributed by atoms with E-state index < -0.39 is 5.60 Å². The first-order valence-electron chi connectivity index (χ1n) is 9.04. The Morgan fingerprint density at radius 3 is 2.58 bits per heavy atom. The van der Waals surface area contributed by atoms with Crippen LogP contribution in [0.2, 0.25) is 0 Å². The van der Waals surface area contributed by atoms with Crippen molar-refractivity contribution in [2.75, 3.05) is 46.3 Å².